The smallest absolute Gasteiger partial charge is 0.182 e. The molecule has 4 aromatic heterocycles. The van der Waals surface area contributed by atoms with Gasteiger partial charge in [0.05, 0.1) is 30.1 Å². The van der Waals surface area contributed by atoms with Crippen molar-refractivity contribution in [2.24, 2.45) is 7.05 Å². The predicted molar refractivity (Wildman–Crippen MR) is 111 cm³/mol. The summed E-state index contributed by atoms with van der Waals surface area (Å²) in [6, 6.07) is 14.0. The van der Waals surface area contributed by atoms with E-state index in [0.29, 0.717) is 5.65 Å². The number of methoxy groups -OCH3 is 1. The monoisotopic (exact) mass is 382 g/mol. The molecule has 29 heavy (non-hydrogen) atoms. The van der Waals surface area contributed by atoms with Crippen LogP contribution >= 0.6 is 0 Å². The molecule has 5 rings (SSSR count). The van der Waals surface area contributed by atoms with Crippen molar-refractivity contribution in [1.82, 2.24) is 29.9 Å². The number of H-pyrrole nitrogens is 1. The van der Waals surface area contributed by atoms with E-state index in [4.69, 9.17) is 9.72 Å². The van der Waals surface area contributed by atoms with Crippen molar-refractivity contribution in [3.8, 4) is 39.4 Å². The van der Waals surface area contributed by atoms with E-state index in [1.165, 1.54) is 0 Å². The van der Waals surface area contributed by atoms with Gasteiger partial charge in [0, 0.05) is 36.8 Å². The summed E-state index contributed by atoms with van der Waals surface area (Å²) in [5, 5.41) is 12.9. The minimum absolute atomic E-state index is 0.649. The van der Waals surface area contributed by atoms with Gasteiger partial charge >= 0.3 is 0 Å². The lowest BCUT2D eigenvalue weighted by Gasteiger charge is -2.09. The van der Waals surface area contributed by atoms with Gasteiger partial charge in [-0.2, -0.15) is 10.2 Å². The fraction of sp³-hybridized carbons (Fsp3) is 0.0909. The summed E-state index contributed by atoms with van der Waals surface area (Å²) in [5.41, 5.74) is 6.37. The number of aryl methyl sites for hydroxylation is 1. The van der Waals surface area contributed by atoms with Gasteiger partial charge in [0.15, 0.2) is 5.65 Å². The van der Waals surface area contributed by atoms with E-state index >= 15 is 0 Å². The molecule has 0 saturated heterocycles. The van der Waals surface area contributed by atoms with Crippen LogP contribution in [0, 0.1) is 0 Å². The Labute approximate surface area is 167 Å². The molecule has 0 aliphatic heterocycles. The number of hydrogen-bond donors (Lipinski definition) is 1. The number of ether oxygens (including phenoxy) is 1. The Bertz CT molecular complexity index is 1310. The van der Waals surface area contributed by atoms with E-state index in [2.05, 4.69) is 26.3 Å². The van der Waals surface area contributed by atoms with E-state index in [0.717, 1.165) is 44.8 Å². The second-order valence-corrected chi connectivity index (χ2v) is 6.72. The first-order chi connectivity index (χ1) is 14.2. The Morgan fingerprint density at radius 1 is 1.00 bits per heavy atom. The molecule has 0 amide bonds. The Morgan fingerprint density at radius 2 is 1.86 bits per heavy atom. The summed E-state index contributed by atoms with van der Waals surface area (Å²) in [5.74, 6) is 0.788. The van der Waals surface area contributed by atoms with Crippen molar-refractivity contribution in [2.75, 3.05) is 7.11 Å². The van der Waals surface area contributed by atoms with Crippen LogP contribution in [0.1, 0.15) is 0 Å². The third-order valence-electron chi connectivity index (χ3n) is 4.87. The fourth-order valence-corrected chi connectivity index (χ4v) is 3.47. The third kappa shape index (κ3) is 3.02. The minimum Gasteiger partial charge on any atom is -0.497 e. The first kappa shape index (κ1) is 17.1. The molecule has 5 aromatic rings. The molecular weight excluding hydrogens is 364 g/mol. The molecule has 7 nitrogen and oxygen atoms in total. The van der Waals surface area contributed by atoms with Crippen molar-refractivity contribution in [1.29, 1.82) is 0 Å². The number of nitrogens with one attached hydrogen (secondary N) is 1. The number of pyridine rings is 2. The molecule has 0 unspecified atom stereocenters. The zero-order chi connectivity index (χ0) is 19.8. The van der Waals surface area contributed by atoms with Crippen LogP contribution in [0.15, 0.2) is 67.3 Å². The molecule has 0 saturated carbocycles. The highest BCUT2D eigenvalue weighted by Gasteiger charge is 2.18. The molecule has 1 aromatic carbocycles. The summed E-state index contributed by atoms with van der Waals surface area (Å²) in [7, 11) is 3.55. The molecule has 0 bridgehead atoms. The van der Waals surface area contributed by atoms with Crippen molar-refractivity contribution in [3.63, 3.8) is 0 Å². The van der Waals surface area contributed by atoms with Gasteiger partial charge in [-0.15, -0.1) is 0 Å². The largest absolute Gasteiger partial charge is 0.497 e. The molecule has 0 spiro atoms. The van der Waals surface area contributed by atoms with Crippen LogP contribution in [0.2, 0.25) is 0 Å². The lowest BCUT2D eigenvalue weighted by Crippen LogP contribution is -1.90. The van der Waals surface area contributed by atoms with Crippen molar-refractivity contribution >= 4 is 11.0 Å². The summed E-state index contributed by atoms with van der Waals surface area (Å²) in [6.07, 6.45) is 7.33. The maximum Gasteiger partial charge on any atom is 0.182 e. The summed E-state index contributed by atoms with van der Waals surface area (Å²) in [4.78, 5) is 8.95. The maximum absolute atomic E-state index is 5.39. The zero-order valence-electron chi connectivity index (χ0n) is 16.0. The van der Waals surface area contributed by atoms with Crippen molar-refractivity contribution in [2.45, 2.75) is 0 Å². The highest BCUT2D eigenvalue weighted by molar-refractivity contribution is 6.03. The van der Waals surface area contributed by atoms with Gasteiger partial charge in [0.25, 0.3) is 0 Å². The number of nitrogens with zero attached hydrogens (tertiary/aromatic N) is 5. The Hall–Kier alpha value is -4.00. The standard InChI is InChI=1S/C22H18N6O/c1-28-13-16(12-24-28)19-11-18(14-6-8-23-9-7-14)20-21(26-27-22(20)25-19)15-4-3-5-17(10-15)29-2/h3-13H,1-2H3,(H,25,26,27). The van der Waals surface area contributed by atoms with Crippen LogP contribution in [-0.2, 0) is 7.05 Å². The number of fused-ring (bicyclic) bond motifs is 1. The summed E-state index contributed by atoms with van der Waals surface area (Å²) < 4.78 is 7.16. The molecule has 0 fully saturated rings. The van der Waals surface area contributed by atoms with Gasteiger partial charge in [0.1, 0.15) is 5.75 Å². The van der Waals surface area contributed by atoms with Gasteiger partial charge in [-0.05, 0) is 41.5 Å². The molecule has 142 valence electrons. The van der Waals surface area contributed by atoms with E-state index in [1.807, 2.05) is 49.6 Å². The highest BCUT2D eigenvalue weighted by atomic mass is 16.5. The van der Waals surface area contributed by atoms with Crippen LogP contribution in [-0.4, -0.2) is 37.1 Å². The quantitative estimate of drug-likeness (QED) is 0.506. The minimum atomic E-state index is 0.649. The average Bonchev–Trinajstić information content (AvgIpc) is 3.40. The SMILES string of the molecule is COc1cccc(-c2[nH]nc3nc(-c4cnn(C)c4)cc(-c4ccncc4)c23)c1. The molecule has 0 atom stereocenters. The third-order valence-corrected chi connectivity index (χ3v) is 4.87. The Morgan fingerprint density at radius 3 is 2.62 bits per heavy atom. The van der Waals surface area contributed by atoms with Crippen LogP contribution in [0.5, 0.6) is 5.75 Å². The van der Waals surface area contributed by atoms with Crippen LogP contribution in [0.25, 0.3) is 44.7 Å². The van der Waals surface area contributed by atoms with E-state index in [9.17, 15) is 0 Å². The van der Waals surface area contributed by atoms with Crippen LogP contribution in [0.3, 0.4) is 0 Å². The number of rotatable bonds is 4. The molecule has 0 aliphatic carbocycles. The normalized spacial score (nSPS) is 11.1. The molecule has 4 heterocycles. The molecular formula is C22H18N6O. The molecule has 0 aliphatic rings. The van der Waals surface area contributed by atoms with Gasteiger partial charge in [0.2, 0.25) is 0 Å². The number of benzene rings is 1. The first-order valence-corrected chi connectivity index (χ1v) is 9.16. The van der Waals surface area contributed by atoms with Crippen LogP contribution in [0.4, 0.5) is 0 Å². The van der Waals surface area contributed by atoms with Gasteiger partial charge < -0.3 is 4.74 Å². The van der Waals surface area contributed by atoms with Crippen LogP contribution < -0.4 is 4.74 Å². The van der Waals surface area contributed by atoms with Gasteiger partial charge in [-0.3, -0.25) is 14.8 Å². The number of aromatic nitrogens is 6. The van der Waals surface area contributed by atoms with E-state index < -0.39 is 0 Å². The molecule has 0 radical (unpaired) electrons. The van der Waals surface area contributed by atoms with Crippen molar-refractivity contribution < 1.29 is 4.74 Å². The Kier molecular flexibility index (Phi) is 4.05. The lowest BCUT2D eigenvalue weighted by molar-refractivity contribution is 0.415. The maximum atomic E-state index is 5.39. The number of hydrogen-bond acceptors (Lipinski definition) is 5. The second kappa shape index (κ2) is 6.87. The van der Waals surface area contributed by atoms with Gasteiger partial charge in [-0.25, -0.2) is 4.98 Å². The van der Waals surface area contributed by atoms with Crippen molar-refractivity contribution in [3.05, 3.63) is 67.3 Å². The van der Waals surface area contributed by atoms with E-state index in [1.54, 1.807) is 30.4 Å². The second-order valence-electron chi connectivity index (χ2n) is 6.72. The number of aromatic amines is 1. The van der Waals surface area contributed by atoms with Gasteiger partial charge in [-0.1, -0.05) is 12.1 Å². The lowest BCUT2D eigenvalue weighted by atomic mass is 9.98. The van der Waals surface area contributed by atoms with E-state index in [-0.39, 0.29) is 0 Å². The zero-order valence-corrected chi connectivity index (χ0v) is 16.0. The molecule has 7 heteroatoms. The predicted octanol–water partition coefficient (Wildman–Crippen LogP) is 4.10. The highest BCUT2D eigenvalue weighted by Crippen LogP contribution is 2.37. The topological polar surface area (TPSA) is 81.5 Å². The summed E-state index contributed by atoms with van der Waals surface area (Å²) in [6.45, 7) is 0. The Balaban J connectivity index is 1.79. The fourth-order valence-electron chi connectivity index (χ4n) is 3.47. The summed E-state index contributed by atoms with van der Waals surface area (Å²) >= 11 is 0. The molecule has 1 N–H and O–H groups in total. The first-order valence-electron chi connectivity index (χ1n) is 9.16. The average molecular weight is 382 g/mol.